The van der Waals surface area contributed by atoms with Gasteiger partial charge in [-0.2, -0.15) is 8.42 Å². The molecule has 0 saturated heterocycles. The number of carboxylic acids is 1. The van der Waals surface area contributed by atoms with Gasteiger partial charge in [0.1, 0.15) is 0 Å². The van der Waals surface area contributed by atoms with Crippen LogP contribution in [0.1, 0.15) is 56.1 Å². The Balaban J connectivity index is 1.73. The summed E-state index contributed by atoms with van der Waals surface area (Å²) in [4.78, 5) is 17.2. The molecule has 38 heavy (non-hydrogen) atoms. The number of aliphatic carboxylic acids is 1. The fraction of sp³-hybridized carbons (Fsp3) is 0.276. The van der Waals surface area contributed by atoms with Crippen molar-refractivity contribution in [2.75, 3.05) is 4.90 Å². The Labute approximate surface area is 223 Å². The Morgan fingerprint density at radius 1 is 1.05 bits per heavy atom. The molecular weight excluding hydrogens is 500 g/mol. The molecule has 0 spiro atoms. The minimum atomic E-state index is -3.98. The van der Waals surface area contributed by atoms with Gasteiger partial charge in [-0.15, -0.1) is 4.40 Å². The topological polar surface area (TPSA) is 126 Å². The third-order valence-corrected chi connectivity index (χ3v) is 7.84. The molecule has 1 heterocycles. The van der Waals surface area contributed by atoms with E-state index in [1.165, 1.54) is 12.1 Å². The Kier molecular flexibility index (Phi) is 8.91. The van der Waals surface area contributed by atoms with Gasteiger partial charge in [0.15, 0.2) is 0 Å². The molecule has 198 valence electrons. The molecule has 0 amide bonds. The number of hydrogen-bond donors (Lipinski definition) is 2. The van der Waals surface area contributed by atoms with E-state index in [2.05, 4.69) is 9.38 Å². The van der Waals surface area contributed by atoms with Gasteiger partial charge in [-0.05, 0) is 67.2 Å². The molecule has 1 aromatic heterocycles. The normalized spacial score (nSPS) is 14.9. The summed E-state index contributed by atoms with van der Waals surface area (Å²) in [5.41, 5.74) is 9.90. The van der Waals surface area contributed by atoms with Crippen LogP contribution in [0.2, 0.25) is 0 Å². The SMILES string of the molecule is NC(=NS(=O)(=O)c1ccccc1)N(c1cccc(/C(=C\CCCC(=O)O)c2cccnc2)c1)C1CCCC1. The molecule has 0 aliphatic heterocycles. The molecule has 1 aliphatic rings. The highest BCUT2D eigenvalue weighted by molar-refractivity contribution is 7.90. The van der Waals surface area contributed by atoms with Crippen molar-refractivity contribution >= 4 is 33.2 Å². The van der Waals surface area contributed by atoms with E-state index in [-0.39, 0.29) is 23.3 Å². The molecule has 9 heteroatoms. The summed E-state index contributed by atoms with van der Waals surface area (Å²) in [6.45, 7) is 0. The monoisotopic (exact) mass is 532 g/mol. The Hall–Kier alpha value is -3.98. The molecule has 0 bridgehead atoms. The van der Waals surface area contributed by atoms with E-state index in [1.54, 1.807) is 30.6 Å². The van der Waals surface area contributed by atoms with Gasteiger partial charge in [-0.25, -0.2) is 0 Å². The number of benzene rings is 2. The van der Waals surface area contributed by atoms with Crippen molar-refractivity contribution in [2.24, 2.45) is 10.1 Å². The van der Waals surface area contributed by atoms with Gasteiger partial charge in [0, 0.05) is 36.1 Å². The first kappa shape index (κ1) is 27.1. The maximum Gasteiger partial charge on any atom is 0.303 e. The standard InChI is InChI=1S/C29H32N4O4S/c30-29(32-38(36,37)26-15-2-1-3-16-26)33(24-12-4-5-13-24)25-14-8-10-22(20-25)27(17-6-7-18-28(34)35)23-11-9-19-31-21-23/h1-3,8-11,14-17,19-21,24H,4-7,12-13,18H2,(H2,30,32)(H,34,35)/b27-17+. The maximum atomic E-state index is 13.0. The molecule has 3 aromatic rings. The Bertz CT molecular complexity index is 1400. The second-order valence-corrected chi connectivity index (χ2v) is 10.8. The van der Waals surface area contributed by atoms with E-state index >= 15 is 0 Å². The van der Waals surface area contributed by atoms with E-state index in [0.29, 0.717) is 12.8 Å². The molecule has 0 radical (unpaired) electrons. The summed E-state index contributed by atoms with van der Waals surface area (Å²) in [5, 5.41) is 9.02. The van der Waals surface area contributed by atoms with Crippen molar-refractivity contribution in [1.82, 2.24) is 4.98 Å². The number of allylic oxidation sites excluding steroid dienone is 1. The summed E-state index contributed by atoms with van der Waals surface area (Å²) < 4.78 is 30.0. The van der Waals surface area contributed by atoms with Gasteiger partial charge >= 0.3 is 5.97 Å². The summed E-state index contributed by atoms with van der Waals surface area (Å²) in [7, 11) is -3.98. The summed E-state index contributed by atoms with van der Waals surface area (Å²) in [5.74, 6) is -0.887. The van der Waals surface area contributed by atoms with Crippen LogP contribution < -0.4 is 10.6 Å². The summed E-state index contributed by atoms with van der Waals surface area (Å²) in [6, 6.07) is 19.7. The van der Waals surface area contributed by atoms with Crippen LogP contribution in [0.3, 0.4) is 0 Å². The molecule has 1 aliphatic carbocycles. The lowest BCUT2D eigenvalue weighted by molar-refractivity contribution is -0.137. The van der Waals surface area contributed by atoms with Crippen LogP contribution in [0.5, 0.6) is 0 Å². The molecule has 8 nitrogen and oxygen atoms in total. The van der Waals surface area contributed by atoms with Gasteiger partial charge in [-0.3, -0.25) is 9.78 Å². The molecular formula is C29H32N4O4S. The highest BCUT2D eigenvalue weighted by Crippen LogP contribution is 2.32. The number of nitrogens with two attached hydrogens (primary N) is 1. The third kappa shape index (κ3) is 6.86. The number of carboxylic acid groups (broad SMARTS) is 1. The van der Waals surface area contributed by atoms with Gasteiger partial charge in [-0.1, -0.05) is 55.3 Å². The van der Waals surface area contributed by atoms with Crippen LogP contribution in [-0.2, 0) is 14.8 Å². The molecule has 2 aromatic carbocycles. The molecule has 1 fully saturated rings. The molecule has 0 unspecified atom stereocenters. The predicted octanol–water partition coefficient (Wildman–Crippen LogP) is 5.22. The van der Waals surface area contributed by atoms with Crippen LogP contribution in [-0.4, -0.2) is 36.5 Å². The van der Waals surface area contributed by atoms with Crippen molar-refractivity contribution in [3.8, 4) is 0 Å². The van der Waals surface area contributed by atoms with Crippen molar-refractivity contribution < 1.29 is 18.3 Å². The van der Waals surface area contributed by atoms with Crippen LogP contribution in [0.15, 0.2) is 94.5 Å². The van der Waals surface area contributed by atoms with E-state index in [1.807, 2.05) is 47.4 Å². The average molecular weight is 533 g/mol. The highest BCUT2D eigenvalue weighted by Gasteiger charge is 2.27. The molecule has 3 N–H and O–H groups in total. The Morgan fingerprint density at radius 3 is 2.47 bits per heavy atom. The van der Waals surface area contributed by atoms with Gasteiger partial charge in [0.25, 0.3) is 10.0 Å². The van der Waals surface area contributed by atoms with Crippen LogP contribution in [0.25, 0.3) is 5.57 Å². The number of sulfonamides is 1. The first-order valence-corrected chi connectivity index (χ1v) is 14.2. The number of carbonyl (C=O) groups is 1. The molecule has 1 saturated carbocycles. The lowest BCUT2D eigenvalue weighted by Gasteiger charge is -2.30. The number of hydrogen-bond acceptors (Lipinski definition) is 4. The van der Waals surface area contributed by atoms with Gasteiger partial charge < -0.3 is 15.7 Å². The maximum absolute atomic E-state index is 13.0. The summed E-state index contributed by atoms with van der Waals surface area (Å²) in [6.07, 6.45) is 10.5. The average Bonchev–Trinajstić information content (AvgIpc) is 3.44. The lowest BCUT2D eigenvalue weighted by Crippen LogP contribution is -2.44. The number of pyridine rings is 1. The van der Waals surface area contributed by atoms with Gasteiger partial charge in [0.2, 0.25) is 5.96 Å². The zero-order valence-corrected chi connectivity index (χ0v) is 21.9. The van der Waals surface area contributed by atoms with E-state index in [9.17, 15) is 13.2 Å². The number of nitrogens with zero attached hydrogens (tertiary/aromatic N) is 3. The van der Waals surface area contributed by atoms with E-state index < -0.39 is 16.0 Å². The fourth-order valence-electron chi connectivity index (χ4n) is 4.75. The molecule has 4 rings (SSSR count). The van der Waals surface area contributed by atoms with Crippen LogP contribution >= 0.6 is 0 Å². The number of aromatic nitrogens is 1. The lowest BCUT2D eigenvalue weighted by atomic mass is 9.96. The number of guanidine groups is 1. The third-order valence-electron chi connectivity index (χ3n) is 6.54. The minimum Gasteiger partial charge on any atom is -0.481 e. The van der Waals surface area contributed by atoms with Crippen molar-refractivity contribution in [3.05, 3.63) is 96.3 Å². The van der Waals surface area contributed by atoms with E-state index in [4.69, 9.17) is 10.8 Å². The van der Waals surface area contributed by atoms with Crippen LogP contribution in [0.4, 0.5) is 5.69 Å². The first-order valence-electron chi connectivity index (χ1n) is 12.7. The number of rotatable bonds is 10. The van der Waals surface area contributed by atoms with Crippen LogP contribution in [0, 0.1) is 0 Å². The van der Waals surface area contributed by atoms with Crippen molar-refractivity contribution in [1.29, 1.82) is 0 Å². The fourth-order valence-corrected chi connectivity index (χ4v) is 5.69. The zero-order chi connectivity index (χ0) is 27.0. The minimum absolute atomic E-state index is 0.0290. The summed E-state index contributed by atoms with van der Waals surface area (Å²) >= 11 is 0. The second-order valence-electron chi connectivity index (χ2n) is 9.24. The highest BCUT2D eigenvalue weighted by atomic mass is 32.2. The number of anilines is 1. The largest absolute Gasteiger partial charge is 0.481 e. The smallest absolute Gasteiger partial charge is 0.303 e. The Morgan fingerprint density at radius 2 is 1.79 bits per heavy atom. The van der Waals surface area contributed by atoms with Crippen molar-refractivity contribution in [3.63, 3.8) is 0 Å². The van der Waals surface area contributed by atoms with E-state index in [0.717, 1.165) is 48.1 Å². The zero-order valence-electron chi connectivity index (χ0n) is 21.1. The molecule has 0 atom stereocenters. The predicted molar refractivity (Wildman–Crippen MR) is 149 cm³/mol. The second kappa shape index (κ2) is 12.5. The quantitative estimate of drug-likeness (QED) is 0.208. The van der Waals surface area contributed by atoms with Crippen molar-refractivity contribution in [2.45, 2.75) is 55.9 Å². The first-order chi connectivity index (χ1) is 18.3. The number of unbranched alkanes of at least 4 members (excludes halogenated alkanes) is 1. The van der Waals surface area contributed by atoms with Gasteiger partial charge in [0.05, 0.1) is 4.90 Å².